The lowest BCUT2D eigenvalue weighted by molar-refractivity contribution is 1.26. The van der Waals surface area contributed by atoms with Crippen molar-refractivity contribution in [3.05, 3.63) is 113 Å². The van der Waals surface area contributed by atoms with E-state index < -0.39 is 0 Å². The summed E-state index contributed by atoms with van der Waals surface area (Å²) in [6.07, 6.45) is 0.991. The van der Waals surface area contributed by atoms with Crippen LogP contribution in [0.25, 0.3) is 44.4 Å². The summed E-state index contributed by atoms with van der Waals surface area (Å²) in [7, 11) is 0. The molecule has 0 bridgehead atoms. The minimum Gasteiger partial charge on any atom is -0.248 e. The molecular formula is C28H18BrN. The Balaban J connectivity index is 1.54. The van der Waals surface area contributed by atoms with Gasteiger partial charge in [0.2, 0.25) is 0 Å². The highest BCUT2D eigenvalue weighted by Gasteiger charge is 2.19. The number of hydrogen-bond donors (Lipinski definition) is 0. The molecule has 1 aliphatic rings. The second-order valence-electron chi connectivity index (χ2n) is 7.79. The van der Waals surface area contributed by atoms with E-state index in [0.29, 0.717) is 0 Å². The molecule has 6 rings (SSSR count). The number of pyridine rings is 1. The maximum Gasteiger partial charge on any atom is 0.0716 e. The van der Waals surface area contributed by atoms with Crippen LogP contribution in [0.15, 0.2) is 102 Å². The third-order valence-corrected chi connectivity index (χ3v) is 6.44. The van der Waals surface area contributed by atoms with Gasteiger partial charge in [0.05, 0.1) is 11.2 Å². The lowest BCUT2D eigenvalue weighted by atomic mass is 9.97. The molecule has 142 valence electrons. The van der Waals surface area contributed by atoms with Crippen molar-refractivity contribution in [2.24, 2.45) is 0 Å². The summed E-state index contributed by atoms with van der Waals surface area (Å²) < 4.78 is 1.07. The molecule has 0 saturated heterocycles. The largest absolute Gasteiger partial charge is 0.248 e. The van der Waals surface area contributed by atoms with Gasteiger partial charge in [0.15, 0.2) is 0 Å². The van der Waals surface area contributed by atoms with Crippen LogP contribution in [0.1, 0.15) is 11.1 Å². The fourth-order valence-electron chi connectivity index (χ4n) is 4.51. The van der Waals surface area contributed by atoms with Gasteiger partial charge < -0.3 is 0 Å². The first-order valence-corrected chi connectivity index (χ1v) is 10.9. The van der Waals surface area contributed by atoms with E-state index >= 15 is 0 Å². The smallest absolute Gasteiger partial charge is 0.0716 e. The van der Waals surface area contributed by atoms with Crippen LogP contribution >= 0.6 is 15.9 Å². The number of benzene rings is 4. The third-order valence-electron chi connectivity index (χ3n) is 5.94. The molecule has 30 heavy (non-hydrogen) atoms. The number of nitrogens with zero attached hydrogens (tertiary/aromatic N) is 1. The van der Waals surface area contributed by atoms with E-state index in [1.165, 1.54) is 38.9 Å². The van der Waals surface area contributed by atoms with Crippen molar-refractivity contribution in [3.63, 3.8) is 0 Å². The molecule has 4 aromatic carbocycles. The first kappa shape index (κ1) is 17.6. The standard InChI is InChI=1S/C28H18BrN/c29-22-11-13-27-26(16-22)25(18-6-2-1-3-7-18)17-28(30-27)20-10-12-24-21(15-20)14-19-8-4-5-9-23(19)24/h1-13,15-17H,14H2. The van der Waals surface area contributed by atoms with Crippen molar-refractivity contribution in [1.29, 1.82) is 0 Å². The van der Waals surface area contributed by atoms with Gasteiger partial charge in [-0.05, 0) is 70.1 Å². The van der Waals surface area contributed by atoms with Crippen molar-refractivity contribution in [2.75, 3.05) is 0 Å². The minimum absolute atomic E-state index is 0.991. The number of hydrogen-bond acceptors (Lipinski definition) is 1. The summed E-state index contributed by atoms with van der Waals surface area (Å²) in [6, 6.07) is 34.6. The van der Waals surface area contributed by atoms with E-state index in [2.05, 4.69) is 113 Å². The van der Waals surface area contributed by atoms with Gasteiger partial charge in [0.1, 0.15) is 0 Å². The summed E-state index contributed by atoms with van der Waals surface area (Å²) >= 11 is 3.62. The average Bonchev–Trinajstić information content (AvgIpc) is 3.17. The van der Waals surface area contributed by atoms with Crippen LogP contribution in [-0.2, 0) is 6.42 Å². The Labute approximate surface area is 184 Å². The van der Waals surface area contributed by atoms with Crippen molar-refractivity contribution in [1.82, 2.24) is 4.98 Å². The van der Waals surface area contributed by atoms with Crippen LogP contribution in [0, 0.1) is 0 Å². The van der Waals surface area contributed by atoms with Gasteiger partial charge in [-0.1, -0.05) is 82.7 Å². The van der Waals surface area contributed by atoms with Crippen LogP contribution in [0.3, 0.4) is 0 Å². The molecule has 1 heterocycles. The van der Waals surface area contributed by atoms with E-state index in [4.69, 9.17) is 4.98 Å². The molecular weight excluding hydrogens is 430 g/mol. The molecule has 0 aliphatic heterocycles. The zero-order valence-corrected chi connectivity index (χ0v) is 17.9. The van der Waals surface area contributed by atoms with Gasteiger partial charge in [0.25, 0.3) is 0 Å². The molecule has 0 amide bonds. The molecule has 1 aliphatic carbocycles. The van der Waals surface area contributed by atoms with Crippen molar-refractivity contribution < 1.29 is 0 Å². The quantitative estimate of drug-likeness (QED) is 0.262. The van der Waals surface area contributed by atoms with Crippen molar-refractivity contribution in [2.45, 2.75) is 6.42 Å². The van der Waals surface area contributed by atoms with Gasteiger partial charge in [-0.25, -0.2) is 4.98 Å². The Morgan fingerprint density at radius 1 is 0.600 bits per heavy atom. The SMILES string of the molecule is Brc1ccc2nc(-c3ccc4c(c3)Cc3ccccc3-4)cc(-c3ccccc3)c2c1. The first-order chi connectivity index (χ1) is 14.8. The monoisotopic (exact) mass is 447 g/mol. The molecule has 2 heteroatoms. The second-order valence-corrected chi connectivity index (χ2v) is 8.70. The van der Waals surface area contributed by atoms with Crippen LogP contribution in [0.2, 0.25) is 0 Å². The highest BCUT2D eigenvalue weighted by molar-refractivity contribution is 9.10. The van der Waals surface area contributed by atoms with E-state index in [9.17, 15) is 0 Å². The highest BCUT2D eigenvalue weighted by atomic mass is 79.9. The van der Waals surface area contributed by atoms with Gasteiger partial charge in [0, 0.05) is 15.4 Å². The van der Waals surface area contributed by atoms with Gasteiger partial charge in [-0.2, -0.15) is 0 Å². The van der Waals surface area contributed by atoms with Crippen LogP contribution < -0.4 is 0 Å². The van der Waals surface area contributed by atoms with Gasteiger partial charge in [-0.3, -0.25) is 0 Å². The molecule has 1 nitrogen and oxygen atoms in total. The average molecular weight is 448 g/mol. The molecule has 0 unspecified atom stereocenters. The maximum absolute atomic E-state index is 5.03. The fourth-order valence-corrected chi connectivity index (χ4v) is 4.87. The molecule has 0 N–H and O–H groups in total. The predicted molar refractivity (Wildman–Crippen MR) is 129 cm³/mol. The first-order valence-electron chi connectivity index (χ1n) is 10.1. The molecule has 0 spiro atoms. The highest BCUT2D eigenvalue weighted by Crippen LogP contribution is 2.39. The molecule has 0 fully saturated rings. The van der Waals surface area contributed by atoms with E-state index in [1.807, 2.05) is 0 Å². The zero-order valence-electron chi connectivity index (χ0n) is 16.3. The topological polar surface area (TPSA) is 12.9 Å². The van der Waals surface area contributed by atoms with E-state index in [-0.39, 0.29) is 0 Å². The number of rotatable bonds is 2. The Kier molecular flexibility index (Phi) is 4.07. The summed E-state index contributed by atoms with van der Waals surface area (Å²) in [5.41, 5.74) is 11.1. The second kappa shape index (κ2) is 6.93. The molecule has 0 radical (unpaired) electrons. The molecule has 0 atom stereocenters. The van der Waals surface area contributed by atoms with Crippen LogP contribution in [0.4, 0.5) is 0 Å². The predicted octanol–water partition coefficient (Wildman–Crippen LogP) is 7.90. The molecule has 0 saturated carbocycles. The minimum atomic E-state index is 0.991. The Hall–Kier alpha value is -3.23. The van der Waals surface area contributed by atoms with E-state index in [0.717, 1.165) is 27.5 Å². The Bertz CT molecular complexity index is 1420. The van der Waals surface area contributed by atoms with E-state index in [1.54, 1.807) is 0 Å². The zero-order chi connectivity index (χ0) is 20.1. The number of aromatic nitrogens is 1. The lowest BCUT2D eigenvalue weighted by Gasteiger charge is -2.12. The summed E-state index contributed by atoms with van der Waals surface area (Å²) in [4.78, 5) is 5.03. The Morgan fingerprint density at radius 3 is 2.30 bits per heavy atom. The lowest BCUT2D eigenvalue weighted by Crippen LogP contribution is -1.91. The number of fused-ring (bicyclic) bond motifs is 4. The Morgan fingerprint density at radius 2 is 1.40 bits per heavy atom. The van der Waals surface area contributed by atoms with Gasteiger partial charge in [-0.15, -0.1) is 0 Å². The summed E-state index contributed by atoms with van der Waals surface area (Å²) in [6.45, 7) is 0. The van der Waals surface area contributed by atoms with Gasteiger partial charge >= 0.3 is 0 Å². The van der Waals surface area contributed by atoms with Crippen molar-refractivity contribution in [3.8, 4) is 33.5 Å². The van der Waals surface area contributed by atoms with Crippen molar-refractivity contribution >= 4 is 26.8 Å². The van der Waals surface area contributed by atoms with Crippen LogP contribution in [0.5, 0.6) is 0 Å². The summed E-state index contributed by atoms with van der Waals surface area (Å²) in [5, 5.41) is 1.16. The normalized spacial score (nSPS) is 12.0. The maximum atomic E-state index is 5.03. The molecule has 5 aromatic rings. The number of halogens is 1. The summed E-state index contributed by atoms with van der Waals surface area (Å²) in [5.74, 6) is 0. The fraction of sp³-hybridized carbons (Fsp3) is 0.0357. The van der Waals surface area contributed by atoms with Crippen LogP contribution in [-0.4, -0.2) is 4.98 Å². The third kappa shape index (κ3) is 2.88. The molecule has 1 aromatic heterocycles.